The number of anilines is 2. The van der Waals surface area contributed by atoms with Gasteiger partial charge in [0.1, 0.15) is 11.6 Å². The zero-order valence-corrected chi connectivity index (χ0v) is 13.0. The molecule has 0 saturated carbocycles. The van der Waals surface area contributed by atoms with E-state index in [1.807, 2.05) is 35.1 Å². The van der Waals surface area contributed by atoms with E-state index in [9.17, 15) is 4.79 Å². The molecule has 3 aromatic rings. The maximum absolute atomic E-state index is 12.1. The molecule has 6 nitrogen and oxygen atoms in total. The highest BCUT2D eigenvalue weighted by molar-refractivity contribution is 5.94. The maximum atomic E-state index is 12.1. The summed E-state index contributed by atoms with van der Waals surface area (Å²) < 4.78 is 1.88. The van der Waals surface area contributed by atoms with Crippen molar-refractivity contribution in [3.05, 3.63) is 71.5 Å². The lowest BCUT2D eigenvalue weighted by atomic mass is 9.84. The number of hydrogen-bond acceptors (Lipinski definition) is 4. The second-order valence-electron chi connectivity index (χ2n) is 5.88. The van der Waals surface area contributed by atoms with Crippen molar-refractivity contribution < 1.29 is 4.79 Å². The Hall–Kier alpha value is -3.15. The first kappa shape index (κ1) is 14.4. The minimum Gasteiger partial charge on any atom is -0.384 e. The summed E-state index contributed by atoms with van der Waals surface area (Å²) in [5.41, 5.74) is 9.02. The lowest BCUT2D eigenvalue weighted by Crippen LogP contribution is -2.25. The van der Waals surface area contributed by atoms with Crippen LogP contribution in [0.4, 0.5) is 11.6 Å². The SMILES string of the molecule is Nc1ccc2c(n1)NC(=O)C[C@@H]2c1ccccc1Cn1cccn1. The Kier molecular flexibility index (Phi) is 3.49. The molecule has 1 amide bonds. The lowest BCUT2D eigenvalue weighted by Gasteiger charge is -2.27. The summed E-state index contributed by atoms with van der Waals surface area (Å²) in [6.45, 7) is 0.666. The highest BCUT2D eigenvalue weighted by Gasteiger charge is 2.29. The number of benzene rings is 1. The Balaban J connectivity index is 1.78. The van der Waals surface area contributed by atoms with Crippen LogP contribution in [0, 0.1) is 0 Å². The molecule has 1 aliphatic heterocycles. The van der Waals surface area contributed by atoms with Crippen molar-refractivity contribution in [1.82, 2.24) is 14.8 Å². The van der Waals surface area contributed by atoms with E-state index in [0.29, 0.717) is 24.6 Å². The Morgan fingerprint density at radius 3 is 2.88 bits per heavy atom. The van der Waals surface area contributed by atoms with Crippen LogP contribution in [-0.4, -0.2) is 20.7 Å². The number of hydrogen-bond donors (Lipinski definition) is 2. The predicted molar refractivity (Wildman–Crippen MR) is 91.5 cm³/mol. The first-order valence-corrected chi connectivity index (χ1v) is 7.82. The van der Waals surface area contributed by atoms with E-state index < -0.39 is 0 Å². The van der Waals surface area contributed by atoms with E-state index in [0.717, 1.165) is 16.7 Å². The van der Waals surface area contributed by atoms with Gasteiger partial charge in [-0.15, -0.1) is 0 Å². The molecule has 0 bridgehead atoms. The molecule has 1 aliphatic rings. The average molecular weight is 319 g/mol. The minimum absolute atomic E-state index is 0.0337. The molecule has 0 radical (unpaired) electrons. The number of amides is 1. The zero-order valence-electron chi connectivity index (χ0n) is 13.0. The number of carbonyl (C=O) groups is 1. The molecule has 2 aromatic heterocycles. The Morgan fingerprint density at radius 2 is 2.04 bits per heavy atom. The molecule has 0 spiro atoms. The van der Waals surface area contributed by atoms with Gasteiger partial charge in [0.25, 0.3) is 0 Å². The standard InChI is InChI=1S/C18H17N5O/c19-16-7-6-14-15(10-17(24)22-18(14)21-16)13-5-2-1-4-12(13)11-23-9-3-8-20-23/h1-9,15H,10-11H2,(H3,19,21,22,24)/t15-/m1/s1. The van der Waals surface area contributed by atoms with Gasteiger partial charge < -0.3 is 11.1 Å². The van der Waals surface area contributed by atoms with Crippen molar-refractivity contribution in [3.8, 4) is 0 Å². The van der Waals surface area contributed by atoms with E-state index in [1.54, 1.807) is 12.3 Å². The fraction of sp³-hybridized carbons (Fsp3) is 0.167. The van der Waals surface area contributed by atoms with Crippen molar-refractivity contribution >= 4 is 17.5 Å². The van der Waals surface area contributed by atoms with Gasteiger partial charge in [-0.2, -0.15) is 5.10 Å². The number of rotatable bonds is 3. The van der Waals surface area contributed by atoms with Gasteiger partial charge in [0.15, 0.2) is 0 Å². The third-order valence-corrected chi connectivity index (χ3v) is 4.29. The summed E-state index contributed by atoms with van der Waals surface area (Å²) in [7, 11) is 0. The monoisotopic (exact) mass is 319 g/mol. The van der Waals surface area contributed by atoms with Gasteiger partial charge in [-0.05, 0) is 23.3 Å². The number of pyridine rings is 1. The summed E-state index contributed by atoms with van der Waals surface area (Å²) in [6, 6.07) is 13.8. The minimum atomic E-state index is -0.0421. The van der Waals surface area contributed by atoms with Gasteiger partial charge in [0.05, 0.1) is 6.54 Å². The smallest absolute Gasteiger partial charge is 0.226 e. The number of nitrogens with one attached hydrogen (secondary N) is 1. The second kappa shape index (κ2) is 5.81. The number of fused-ring (bicyclic) bond motifs is 1. The molecule has 3 N–H and O–H groups in total. The molecule has 6 heteroatoms. The van der Waals surface area contributed by atoms with E-state index in [-0.39, 0.29) is 11.8 Å². The molecule has 1 aromatic carbocycles. The van der Waals surface area contributed by atoms with E-state index in [4.69, 9.17) is 5.73 Å². The Bertz CT molecular complexity index is 888. The van der Waals surface area contributed by atoms with Crippen molar-refractivity contribution in [2.45, 2.75) is 18.9 Å². The lowest BCUT2D eigenvalue weighted by molar-refractivity contribution is -0.116. The second-order valence-corrected chi connectivity index (χ2v) is 5.88. The average Bonchev–Trinajstić information content (AvgIpc) is 3.07. The number of carbonyl (C=O) groups excluding carboxylic acids is 1. The van der Waals surface area contributed by atoms with Crippen LogP contribution in [0.5, 0.6) is 0 Å². The fourth-order valence-corrected chi connectivity index (χ4v) is 3.21. The van der Waals surface area contributed by atoms with Crippen LogP contribution in [0.1, 0.15) is 29.0 Å². The Morgan fingerprint density at radius 1 is 1.17 bits per heavy atom. The fourth-order valence-electron chi connectivity index (χ4n) is 3.21. The first-order valence-electron chi connectivity index (χ1n) is 7.82. The molecule has 0 saturated heterocycles. The number of nitrogen functional groups attached to an aromatic ring is 1. The molecular formula is C18H17N5O. The number of nitrogens with two attached hydrogens (primary N) is 1. The molecule has 0 unspecified atom stereocenters. The zero-order chi connectivity index (χ0) is 16.5. The van der Waals surface area contributed by atoms with Gasteiger partial charge >= 0.3 is 0 Å². The number of aromatic nitrogens is 3. The van der Waals surface area contributed by atoms with Crippen LogP contribution in [0.2, 0.25) is 0 Å². The maximum Gasteiger partial charge on any atom is 0.226 e. The number of nitrogens with zero attached hydrogens (tertiary/aromatic N) is 3. The first-order chi connectivity index (χ1) is 11.7. The van der Waals surface area contributed by atoms with E-state index >= 15 is 0 Å². The summed E-state index contributed by atoms with van der Waals surface area (Å²) in [5.74, 6) is 0.887. The van der Waals surface area contributed by atoms with Gasteiger partial charge in [-0.1, -0.05) is 30.3 Å². The highest BCUT2D eigenvalue weighted by atomic mass is 16.1. The molecule has 120 valence electrons. The summed E-state index contributed by atoms with van der Waals surface area (Å²) in [6.07, 6.45) is 4.09. The molecule has 24 heavy (non-hydrogen) atoms. The van der Waals surface area contributed by atoms with E-state index in [1.165, 1.54) is 0 Å². The van der Waals surface area contributed by atoms with Gasteiger partial charge in [0.2, 0.25) is 5.91 Å². The van der Waals surface area contributed by atoms with Gasteiger partial charge in [-0.3, -0.25) is 9.48 Å². The van der Waals surface area contributed by atoms with Crippen molar-refractivity contribution in [2.75, 3.05) is 11.1 Å². The normalized spacial score (nSPS) is 16.5. The Labute approximate surface area is 139 Å². The summed E-state index contributed by atoms with van der Waals surface area (Å²) in [4.78, 5) is 16.4. The van der Waals surface area contributed by atoms with Crippen LogP contribution in [0.15, 0.2) is 54.9 Å². The van der Waals surface area contributed by atoms with Crippen molar-refractivity contribution in [2.24, 2.45) is 0 Å². The van der Waals surface area contributed by atoms with Crippen LogP contribution in [0.25, 0.3) is 0 Å². The molecule has 4 rings (SSSR count). The van der Waals surface area contributed by atoms with Crippen molar-refractivity contribution in [3.63, 3.8) is 0 Å². The quantitative estimate of drug-likeness (QED) is 0.776. The largest absolute Gasteiger partial charge is 0.384 e. The topological polar surface area (TPSA) is 85.8 Å². The summed E-state index contributed by atoms with van der Waals surface area (Å²) >= 11 is 0. The molecule has 0 fully saturated rings. The van der Waals surface area contributed by atoms with Crippen LogP contribution >= 0.6 is 0 Å². The molecule has 1 atom stereocenters. The highest BCUT2D eigenvalue weighted by Crippen LogP contribution is 2.38. The van der Waals surface area contributed by atoms with Gasteiger partial charge in [0, 0.05) is 30.3 Å². The van der Waals surface area contributed by atoms with E-state index in [2.05, 4.69) is 27.5 Å². The predicted octanol–water partition coefficient (Wildman–Crippen LogP) is 2.38. The van der Waals surface area contributed by atoms with Crippen LogP contribution < -0.4 is 11.1 Å². The third kappa shape index (κ3) is 2.62. The molecular weight excluding hydrogens is 302 g/mol. The van der Waals surface area contributed by atoms with Crippen molar-refractivity contribution in [1.29, 1.82) is 0 Å². The molecule has 0 aliphatic carbocycles. The molecule has 3 heterocycles. The van der Waals surface area contributed by atoms with Gasteiger partial charge in [-0.25, -0.2) is 4.98 Å². The summed E-state index contributed by atoms with van der Waals surface area (Å²) in [5, 5.41) is 7.10. The third-order valence-electron chi connectivity index (χ3n) is 4.29. The van der Waals surface area contributed by atoms with Crippen LogP contribution in [0.3, 0.4) is 0 Å². The van der Waals surface area contributed by atoms with Crippen LogP contribution in [-0.2, 0) is 11.3 Å².